The van der Waals surface area contributed by atoms with E-state index in [2.05, 4.69) is 44.9 Å². The Hall–Kier alpha value is -4.14. The quantitative estimate of drug-likeness (QED) is 0.101. The van der Waals surface area contributed by atoms with Crippen molar-refractivity contribution in [3.63, 3.8) is 0 Å². The van der Waals surface area contributed by atoms with Gasteiger partial charge in [-0.1, -0.05) is 0 Å². The van der Waals surface area contributed by atoms with E-state index in [9.17, 15) is 9.59 Å². The molecule has 0 saturated heterocycles. The second-order valence-corrected chi connectivity index (χ2v) is 17.2. The average Bonchev–Trinajstić information content (AvgIpc) is 3.63. The molecule has 2 amide bonds. The molecule has 8 nitrogen and oxygen atoms in total. The molecule has 2 aromatic heterocycles. The van der Waals surface area contributed by atoms with Gasteiger partial charge in [0.15, 0.2) is 0 Å². The van der Waals surface area contributed by atoms with Gasteiger partial charge in [-0.2, -0.15) is 0 Å². The number of para-hydroxylation sites is 2. The summed E-state index contributed by atoms with van der Waals surface area (Å²) in [5.74, 6) is -0.342. The van der Waals surface area contributed by atoms with Crippen molar-refractivity contribution in [2.75, 3.05) is 0 Å². The Bertz CT molecular complexity index is 1800. The van der Waals surface area contributed by atoms with E-state index in [1.807, 2.05) is 84.9 Å². The van der Waals surface area contributed by atoms with E-state index in [0.717, 1.165) is 53.2 Å². The summed E-state index contributed by atoms with van der Waals surface area (Å²) >= 11 is 0.0771. The van der Waals surface area contributed by atoms with Crippen LogP contribution in [-0.4, -0.2) is 60.1 Å². The Morgan fingerprint density at radius 3 is 1.35 bits per heavy atom. The molecule has 8 N–H and O–H groups in total. The molecule has 2 atom stereocenters. The number of benzene rings is 4. The first-order valence-electron chi connectivity index (χ1n) is 15.1. The molecule has 6 aromatic rings. The van der Waals surface area contributed by atoms with Gasteiger partial charge in [-0.05, 0) is 0 Å². The van der Waals surface area contributed by atoms with Crippen LogP contribution in [0, 0.1) is 0 Å². The van der Waals surface area contributed by atoms with E-state index in [4.69, 9.17) is 11.5 Å². The first-order valence-corrected chi connectivity index (χ1v) is 21.2. The summed E-state index contributed by atoms with van der Waals surface area (Å²) in [6.45, 7) is 0.882. The van der Waals surface area contributed by atoms with E-state index in [0.29, 0.717) is 25.9 Å². The van der Waals surface area contributed by atoms with Crippen LogP contribution in [-0.2, 0) is 35.5 Å². The third-order valence-electron chi connectivity index (χ3n) is 7.90. The summed E-state index contributed by atoms with van der Waals surface area (Å²) in [4.78, 5) is 33.3. The van der Waals surface area contributed by atoms with Crippen LogP contribution >= 0.6 is 0 Å². The number of hydrogen-bond donors (Lipinski definition) is 6. The van der Waals surface area contributed by atoms with Crippen molar-refractivity contribution in [1.82, 2.24) is 20.6 Å². The molecular weight excluding hydrogens is 706 g/mol. The SMILES string of the molecule is NC(Cc1c([Se][Se]c2[nH]c3ccccc3c2CC(N)C(=O)NCc2ccccc2)[nH]c2ccccc12)C(=O)NCc1ccccc1. The molecule has 234 valence electrons. The fourth-order valence-electron chi connectivity index (χ4n) is 5.44. The monoisotopic (exact) mass is 744 g/mol. The van der Waals surface area contributed by atoms with Crippen LogP contribution in [0.3, 0.4) is 0 Å². The molecule has 0 aliphatic rings. The van der Waals surface area contributed by atoms with Crippen molar-refractivity contribution in [3.8, 4) is 0 Å². The maximum atomic E-state index is 13.0. The molecule has 0 fully saturated rings. The third kappa shape index (κ3) is 7.62. The minimum atomic E-state index is -0.680. The second-order valence-electron chi connectivity index (χ2n) is 11.2. The summed E-state index contributed by atoms with van der Waals surface area (Å²) in [5, 5.41) is 8.17. The zero-order valence-electron chi connectivity index (χ0n) is 25.2. The molecule has 10 heteroatoms. The summed E-state index contributed by atoms with van der Waals surface area (Å²) < 4.78 is 2.27. The number of rotatable bonds is 13. The van der Waals surface area contributed by atoms with Gasteiger partial charge >= 0.3 is 280 Å². The Morgan fingerprint density at radius 2 is 0.935 bits per heavy atom. The topological polar surface area (TPSA) is 142 Å². The zero-order valence-corrected chi connectivity index (χ0v) is 28.6. The number of hydrogen-bond acceptors (Lipinski definition) is 4. The second kappa shape index (κ2) is 15.0. The standard InChI is InChI=1S/C36H36N6O2Se2/c37-29(33(43)39-21-23-11-3-1-4-12-23)19-27-25-15-7-9-17-31(25)41-35(27)45-46-36-28(26-16-8-10-18-32(26)42-36)20-30(38)34(44)40-22-24-13-5-2-6-14-24/h1-18,29-30,41-42H,19-22,37-38H2,(H,39,43)(H,40,44). The number of amides is 2. The Labute approximate surface area is 279 Å². The molecule has 0 aliphatic heterocycles. The fraction of sp³-hybridized carbons (Fsp3) is 0.167. The first kappa shape index (κ1) is 31.8. The van der Waals surface area contributed by atoms with Crippen LogP contribution in [0.25, 0.3) is 21.8 Å². The Morgan fingerprint density at radius 1 is 0.565 bits per heavy atom. The van der Waals surface area contributed by atoms with E-state index in [1.54, 1.807) is 0 Å². The molecule has 4 aromatic carbocycles. The normalized spacial score (nSPS) is 12.7. The van der Waals surface area contributed by atoms with E-state index >= 15 is 0 Å². The number of carbonyl (C=O) groups excluding carboxylic acids is 2. The fourth-order valence-corrected chi connectivity index (χ4v) is 12.6. The molecule has 0 aliphatic carbocycles. The number of nitrogens with two attached hydrogens (primary N) is 2. The number of fused-ring (bicyclic) bond motifs is 2. The van der Waals surface area contributed by atoms with Crippen molar-refractivity contribution >= 4 is 69.1 Å². The molecule has 0 bridgehead atoms. The molecule has 0 radical (unpaired) electrons. The Balaban J connectivity index is 1.18. The average molecular weight is 743 g/mol. The first-order chi connectivity index (χ1) is 22.5. The number of aromatic nitrogens is 2. The van der Waals surface area contributed by atoms with Crippen LogP contribution in [0.2, 0.25) is 0 Å². The predicted octanol–water partition coefficient (Wildman–Crippen LogP) is 2.30. The zero-order chi connectivity index (χ0) is 31.9. The van der Waals surface area contributed by atoms with Crippen molar-refractivity contribution < 1.29 is 9.59 Å². The van der Waals surface area contributed by atoms with E-state index in [-0.39, 0.29) is 38.1 Å². The summed E-state index contributed by atoms with van der Waals surface area (Å²) in [5.41, 5.74) is 19.3. The van der Waals surface area contributed by atoms with Gasteiger partial charge in [0, 0.05) is 0 Å². The maximum absolute atomic E-state index is 13.0. The van der Waals surface area contributed by atoms with Gasteiger partial charge in [-0.3, -0.25) is 0 Å². The number of H-pyrrole nitrogens is 2. The molecule has 46 heavy (non-hydrogen) atoms. The van der Waals surface area contributed by atoms with Crippen molar-refractivity contribution in [1.29, 1.82) is 0 Å². The Kier molecular flexibility index (Phi) is 10.4. The molecule has 2 heterocycles. The van der Waals surface area contributed by atoms with E-state index < -0.39 is 12.1 Å². The van der Waals surface area contributed by atoms with Crippen LogP contribution in [0.15, 0.2) is 109 Å². The van der Waals surface area contributed by atoms with Crippen molar-refractivity contribution in [2.45, 2.75) is 38.0 Å². The van der Waals surface area contributed by atoms with Crippen LogP contribution in [0.1, 0.15) is 22.3 Å². The van der Waals surface area contributed by atoms with Gasteiger partial charge in [0.05, 0.1) is 0 Å². The van der Waals surface area contributed by atoms with Crippen molar-refractivity contribution in [3.05, 3.63) is 131 Å². The van der Waals surface area contributed by atoms with Gasteiger partial charge in [0.1, 0.15) is 0 Å². The number of aromatic amines is 2. The molecule has 0 spiro atoms. The summed E-state index contributed by atoms with van der Waals surface area (Å²) in [6, 6.07) is 34.7. The molecule has 6 rings (SSSR count). The van der Waals surface area contributed by atoms with Crippen LogP contribution in [0.5, 0.6) is 0 Å². The van der Waals surface area contributed by atoms with Gasteiger partial charge in [0.25, 0.3) is 0 Å². The molecule has 2 unspecified atom stereocenters. The molecule has 0 saturated carbocycles. The number of carbonyl (C=O) groups is 2. The summed E-state index contributed by atoms with van der Waals surface area (Å²) in [7, 11) is 0. The van der Waals surface area contributed by atoms with Crippen LogP contribution < -0.4 is 31.3 Å². The van der Waals surface area contributed by atoms with Gasteiger partial charge in [0.2, 0.25) is 0 Å². The summed E-state index contributed by atoms with van der Waals surface area (Å²) in [6.07, 6.45) is 0.869. The van der Waals surface area contributed by atoms with Crippen LogP contribution in [0.4, 0.5) is 0 Å². The molecular formula is C36H36N6O2Se2. The predicted molar refractivity (Wildman–Crippen MR) is 187 cm³/mol. The van der Waals surface area contributed by atoms with Gasteiger partial charge in [-0.25, -0.2) is 0 Å². The number of nitrogens with one attached hydrogen (secondary N) is 4. The minimum absolute atomic E-state index is 0.0386. The van der Waals surface area contributed by atoms with Gasteiger partial charge in [-0.15, -0.1) is 0 Å². The van der Waals surface area contributed by atoms with Gasteiger partial charge < -0.3 is 0 Å². The van der Waals surface area contributed by atoms with Crippen molar-refractivity contribution in [2.24, 2.45) is 11.5 Å². The van der Waals surface area contributed by atoms with E-state index in [1.165, 1.54) is 0 Å². The third-order valence-corrected chi connectivity index (χ3v) is 14.8.